The summed E-state index contributed by atoms with van der Waals surface area (Å²) in [5, 5.41) is 3.04. The van der Waals surface area contributed by atoms with Gasteiger partial charge in [0, 0.05) is 18.0 Å². The summed E-state index contributed by atoms with van der Waals surface area (Å²) in [6, 6.07) is 1.58. The zero-order valence-electron chi connectivity index (χ0n) is 9.82. The Morgan fingerprint density at radius 3 is 2.53 bits per heavy atom. The number of amides is 1. The Hall–Kier alpha value is -2.09. The SMILES string of the molecule is CC(C)(CC(N)=O)Nc1cc(NN)nc(N)n1. The highest BCUT2D eigenvalue weighted by Crippen LogP contribution is 2.18. The van der Waals surface area contributed by atoms with Crippen molar-refractivity contribution in [2.75, 3.05) is 16.5 Å². The topological polar surface area (TPSA) is 145 Å². The van der Waals surface area contributed by atoms with E-state index < -0.39 is 11.4 Å². The van der Waals surface area contributed by atoms with Crippen LogP contribution in [-0.2, 0) is 4.79 Å². The highest BCUT2D eigenvalue weighted by Gasteiger charge is 2.21. The van der Waals surface area contributed by atoms with Gasteiger partial charge in [0.1, 0.15) is 11.6 Å². The van der Waals surface area contributed by atoms with Gasteiger partial charge in [0.05, 0.1) is 0 Å². The number of rotatable bonds is 5. The molecule has 0 unspecified atom stereocenters. The molecule has 8 N–H and O–H groups in total. The van der Waals surface area contributed by atoms with E-state index in [2.05, 4.69) is 20.7 Å². The van der Waals surface area contributed by atoms with Crippen LogP contribution in [0.3, 0.4) is 0 Å². The van der Waals surface area contributed by atoms with Crippen LogP contribution in [0, 0.1) is 0 Å². The van der Waals surface area contributed by atoms with E-state index in [1.54, 1.807) is 6.07 Å². The van der Waals surface area contributed by atoms with Crippen molar-refractivity contribution >= 4 is 23.5 Å². The molecule has 0 aromatic carbocycles. The standard InChI is InChI=1S/C9H17N7O/c1-9(2,4-5(10)17)15-6-3-7(16-12)14-8(11)13-6/h3H,4,12H2,1-2H3,(H2,10,17)(H4,11,13,14,15,16). The lowest BCUT2D eigenvalue weighted by Crippen LogP contribution is -2.36. The molecule has 0 saturated carbocycles. The number of hydrogen-bond acceptors (Lipinski definition) is 7. The third-order valence-electron chi connectivity index (χ3n) is 1.97. The largest absolute Gasteiger partial charge is 0.370 e. The summed E-state index contributed by atoms with van der Waals surface area (Å²) in [4.78, 5) is 18.7. The molecule has 1 rings (SSSR count). The summed E-state index contributed by atoms with van der Waals surface area (Å²) in [5.74, 6) is 5.77. The smallest absolute Gasteiger partial charge is 0.223 e. The molecule has 0 aliphatic carbocycles. The fraction of sp³-hybridized carbons (Fsp3) is 0.444. The van der Waals surface area contributed by atoms with Crippen LogP contribution in [0.15, 0.2) is 6.07 Å². The third-order valence-corrected chi connectivity index (χ3v) is 1.97. The summed E-state index contributed by atoms with van der Waals surface area (Å²) < 4.78 is 0. The first-order valence-corrected chi connectivity index (χ1v) is 5.00. The predicted octanol–water partition coefficient (Wildman–Crippen LogP) is -0.590. The van der Waals surface area contributed by atoms with Crippen LogP contribution in [0.25, 0.3) is 0 Å². The molecule has 0 spiro atoms. The maximum atomic E-state index is 10.9. The molecule has 0 fully saturated rings. The number of carbonyl (C=O) groups is 1. The van der Waals surface area contributed by atoms with E-state index >= 15 is 0 Å². The number of nitrogens with one attached hydrogen (secondary N) is 2. The Morgan fingerprint density at radius 1 is 1.41 bits per heavy atom. The molecule has 1 amide bonds. The van der Waals surface area contributed by atoms with Gasteiger partial charge >= 0.3 is 0 Å². The summed E-state index contributed by atoms with van der Waals surface area (Å²) in [5.41, 5.74) is 12.5. The van der Waals surface area contributed by atoms with Gasteiger partial charge in [-0.15, -0.1) is 0 Å². The lowest BCUT2D eigenvalue weighted by molar-refractivity contribution is -0.118. The van der Waals surface area contributed by atoms with Crippen molar-refractivity contribution in [3.63, 3.8) is 0 Å². The third kappa shape index (κ3) is 4.11. The van der Waals surface area contributed by atoms with Gasteiger partial charge in [-0.1, -0.05) is 0 Å². The second-order valence-electron chi connectivity index (χ2n) is 4.29. The van der Waals surface area contributed by atoms with Gasteiger partial charge in [0.2, 0.25) is 11.9 Å². The molecule has 0 atom stereocenters. The Balaban J connectivity index is 2.87. The monoisotopic (exact) mass is 239 g/mol. The van der Waals surface area contributed by atoms with Gasteiger partial charge in [-0.25, -0.2) is 5.84 Å². The minimum Gasteiger partial charge on any atom is -0.370 e. The summed E-state index contributed by atoms with van der Waals surface area (Å²) in [6.07, 6.45) is 0.169. The van der Waals surface area contributed by atoms with Crippen molar-refractivity contribution in [1.82, 2.24) is 9.97 Å². The van der Waals surface area contributed by atoms with E-state index in [9.17, 15) is 4.79 Å². The minimum absolute atomic E-state index is 0.0813. The van der Waals surface area contributed by atoms with Crippen LogP contribution < -0.4 is 28.1 Å². The second kappa shape index (κ2) is 4.83. The lowest BCUT2D eigenvalue weighted by Gasteiger charge is -2.25. The van der Waals surface area contributed by atoms with E-state index in [-0.39, 0.29) is 12.4 Å². The van der Waals surface area contributed by atoms with Gasteiger partial charge in [0.25, 0.3) is 0 Å². The zero-order valence-corrected chi connectivity index (χ0v) is 9.82. The number of anilines is 3. The summed E-state index contributed by atoms with van der Waals surface area (Å²) in [7, 11) is 0. The Bertz CT molecular complexity index is 418. The molecule has 0 aliphatic heterocycles. The number of primary amides is 1. The minimum atomic E-state index is -0.529. The van der Waals surface area contributed by atoms with Crippen LogP contribution in [0.4, 0.5) is 17.6 Å². The number of nitrogens with two attached hydrogens (primary N) is 3. The van der Waals surface area contributed by atoms with E-state index in [1.165, 1.54) is 0 Å². The second-order valence-corrected chi connectivity index (χ2v) is 4.29. The molecule has 0 saturated heterocycles. The van der Waals surface area contributed by atoms with Crippen molar-refractivity contribution in [3.05, 3.63) is 6.07 Å². The van der Waals surface area contributed by atoms with E-state index in [0.29, 0.717) is 11.6 Å². The molecule has 8 nitrogen and oxygen atoms in total. The first kappa shape index (κ1) is 13.0. The molecule has 0 bridgehead atoms. The Morgan fingerprint density at radius 2 is 2.00 bits per heavy atom. The number of hydrazine groups is 1. The number of nitrogen functional groups attached to an aromatic ring is 2. The van der Waals surface area contributed by atoms with E-state index in [4.69, 9.17) is 17.3 Å². The molecule has 8 heteroatoms. The van der Waals surface area contributed by atoms with Gasteiger partial charge in [0.15, 0.2) is 0 Å². The number of hydrogen-bond donors (Lipinski definition) is 5. The average molecular weight is 239 g/mol. The predicted molar refractivity (Wildman–Crippen MR) is 65.8 cm³/mol. The molecule has 1 aromatic heterocycles. The number of aromatic nitrogens is 2. The fourth-order valence-electron chi connectivity index (χ4n) is 1.43. The highest BCUT2D eigenvalue weighted by molar-refractivity contribution is 5.75. The molecular formula is C9H17N7O. The molecule has 0 radical (unpaired) electrons. The van der Waals surface area contributed by atoms with E-state index in [0.717, 1.165) is 0 Å². The average Bonchev–Trinajstić information content (AvgIpc) is 2.13. The van der Waals surface area contributed by atoms with Crippen LogP contribution in [-0.4, -0.2) is 21.4 Å². The normalized spacial score (nSPS) is 11.0. The molecule has 17 heavy (non-hydrogen) atoms. The molecular weight excluding hydrogens is 222 g/mol. The molecule has 1 aromatic rings. The Kier molecular flexibility index (Phi) is 3.69. The number of carbonyl (C=O) groups excluding carboxylic acids is 1. The van der Waals surface area contributed by atoms with Crippen molar-refractivity contribution in [3.8, 4) is 0 Å². The van der Waals surface area contributed by atoms with Gasteiger partial charge in [-0.3, -0.25) is 4.79 Å². The van der Waals surface area contributed by atoms with E-state index in [1.807, 2.05) is 13.8 Å². The molecule has 94 valence electrons. The quantitative estimate of drug-likeness (QED) is 0.341. The summed E-state index contributed by atoms with van der Waals surface area (Å²) in [6.45, 7) is 3.65. The van der Waals surface area contributed by atoms with Gasteiger partial charge in [-0.05, 0) is 13.8 Å². The van der Waals surface area contributed by atoms with Crippen LogP contribution in [0.2, 0.25) is 0 Å². The summed E-state index contributed by atoms with van der Waals surface area (Å²) >= 11 is 0. The first-order chi connectivity index (χ1) is 7.82. The van der Waals surface area contributed by atoms with Gasteiger partial charge in [-0.2, -0.15) is 9.97 Å². The van der Waals surface area contributed by atoms with Crippen LogP contribution in [0.5, 0.6) is 0 Å². The number of nitrogens with zero attached hydrogens (tertiary/aromatic N) is 2. The maximum absolute atomic E-state index is 10.9. The van der Waals surface area contributed by atoms with Crippen molar-refractivity contribution in [1.29, 1.82) is 0 Å². The van der Waals surface area contributed by atoms with Crippen LogP contribution >= 0.6 is 0 Å². The fourth-order valence-corrected chi connectivity index (χ4v) is 1.43. The van der Waals surface area contributed by atoms with Crippen molar-refractivity contribution in [2.45, 2.75) is 25.8 Å². The Labute approximate surface area is 98.9 Å². The van der Waals surface area contributed by atoms with Crippen LogP contribution in [0.1, 0.15) is 20.3 Å². The first-order valence-electron chi connectivity index (χ1n) is 5.00. The highest BCUT2D eigenvalue weighted by atomic mass is 16.1. The van der Waals surface area contributed by atoms with Gasteiger partial charge < -0.3 is 22.2 Å². The molecule has 1 heterocycles. The lowest BCUT2D eigenvalue weighted by atomic mass is 10.0. The molecule has 0 aliphatic rings. The maximum Gasteiger partial charge on any atom is 0.223 e. The van der Waals surface area contributed by atoms with Crippen molar-refractivity contribution < 1.29 is 4.79 Å². The van der Waals surface area contributed by atoms with Crippen molar-refractivity contribution in [2.24, 2.45) is 11.6 Å². The zero-order chi connectivity index (χ0) is 13.1.